The standard InChI is InChI=1S/C35H34FN3O5/c1-20-10-11-24(36)17-30(20)37-19-28-26(14-15-29-32(28)39(5)34(42)35(3,4)38-29)27-13-12-25(18-31(27)43-6)44-33(41)23-9-7-8-22(16-23)21(2)40/h7-18,37-38H,19H2,1-6H3. The predicted octanol–water partition coefficient (Wildman–Crippen LogP) is 7.01. The minimum absolute atomic E-state index is 0.103. The summed E-state index contributed by atoms with van der Waals surface area (Å²) >= 11 is 0. The van der Waals surface area contributed by atoms with Gasteiger partial charge in [0.25, 0.3) is 5.91 Å². The number of carbonyl (C=O) groups is 3. The summed E-state index contributed by atoms with van der Waals surface area (Å²) in [7, 11) is 3.26. The summed E-state index contributed by atoms with van der Waals surface area (Å²) in [5, 5.41) is 6.70. The number of benzene rings is 4. The average molecular weight is 596 g/mol. The number of hydrogen-bond donors (Lipinski definition) is 2. The molecule has 1 aliphatic heterocycles. The Balaban J connectivity index is 1.55. The van der Waals surface area contributed by atoms with E-state index in [2.05, 4.69) is 10.6 Å². The van der Waals surface area contributed by atoms with Crippen LogP contribution in [0.5, 0.6) is 11.5 Å². The summed E-state index contributed by atoms with van der Waals surface area (Å²) in [4.78, 5) is 39.6. The van der Waals surface area contributed by atoms with Crippen LogP contribution in [-0.4, -0.2) is 37.4 Å². The Hall–Kier alpha value is -5.18. The van der Waals surface area contributed by atoms with Gasteiger partial charge in [0, 0.05) is 42.0 Å². The third kappa shape index (κ3) is 5.86. The van der Waals surface area contributed by atoms with Gasteiger partial charge in [-0.05, 0) is 81.3 Å². The van der Waals surface area contributed by atoms with Crippen molar-refractivity contribution in [3.8, 4) is 22.6 Å². The number of likely N-dealkylation sites (N-methyl/N-ethyl adjacent to an activating group) is 1. The van der Waals surface area contributed by atoms with Gasteiger partial charge >= 0.3 is 5.97 Å². The van der Waals surface area contributed by atoms with Crippen LogP contribution < -0.4 is 25.0 Å². The Bertz CT molecular complexity index is 1800. The quantitative estimate of drug-likeness (QED) is 0.128. The van der Waals surface area contributed by atoms with Crippen LogP contribution in [0.4, 0.5) is 21.5 Å². The molecule has 8 nitrogen and oxygen atoms in total. The van der Waals surface area contributed by atoms with Crippen molar-refractivity contribution in [2.45, 2.75) is 39.8 Å². The molecule has 1 heterocycles. The Morgan fingerprint density at radius 3 is 2.43 bits per heavy atom. The lowest BCUT2D eigenvalue weighted by atomic mass is 9.91. The number of carbonyl (C=O) groups excluding carboxylic acids is 3. The molecule has 1 aliphatic rings. The van der Waals surface area contributed by atoms with E-state index in [1.807, 2.05) is 32.9 Å². The largest absolute Gasteiger partial charge is 0.496 e. The van der Waals surface area contributed by atoms with Gasteiger partial charge in [0.05, 0.1) is 24.0 Å². The monoisotopic (exact) mass is 595 g/mol. The van der Waals surface area contributed by atoms with Crippen molar-refractivity contribution < 1.29 is 28.2 Å². The normalized spacial score (nSPS) is 13.5. The highest BCUT2D eigenvalue weighted by molar-refractivity contribution is 6.09. The van der Waals surface area contributed by atoms with E-state index in [9.17, 15) is 18.8 Å². The number of ether oxygens (including phenoxy) is 2. The van der Waals surface area contributed by atoms with Crippen molar-refractivity contribution in [1.29, 1.82) is 0 Å². The summed E-state index contributed by atoms with van der Waals surface area (Å²) in [6, 6.07) is 19.8. The predicted molar refractivity (Wildman–Crippen MR) is 169 cm³/mol. The molecule has 0 saturated carbocycles. The van der Waals surface area contributed by atoms with Crippen molar-refractivity contribution in [2.75, 3.05) is 29.7 Å². The Morgan fingerprint density at radius 1 is 0.977 bits per heavy atom. The van der Waals surface area contributed by atoms with Gasteiger partial charge in [0.2, 0.25) is 0 Å². The highest BCUT2D eigenvalue weighted by atomic mass is 19.1. The van der Waals surface area contributed by atoms with Gasteiger partial charge in [-0.15, -0.1) is 0 Å². The summed E-state index contributed by atoms with van der Waals surface area (Å²) in [6.45, 7) is 7.26. The molecule has 226 valence electrons. The molecule has 0 fully saturated rings. The lowest BCUT2D eigenvalue weighted by Crippen LogP contribution is -2.52. The zero-order valence-electron chi connectivity index (χ0n) is 25.5. The van der Waals surface area contributed by atoms with Crippen molar-refractivity contribution in [1.82, 2.24) is 0 Å². The third-order valence-electron chi connectivity index (χ3n) is 7.74. The van der Waals surface area contributed by atoms with Crippen molar-refractivity contribution in [2.24, 2.45) is 0 Å². The number of hydrogen-bond acceptors (Lipinski definition) is 7. The molecule has 4 aromatic carbocycles. The molecule has 0 aliphatic carbocycles. The molecule has 0 radical (unpaired) electrons. The lowest BCUT2D eigenvalue weighted by Gasteiger charge is -2.40. The minimum Gasteiger partial charge on any atom is -0.496 e. The number of nitrogens with one attached hydrogen (secondary N) is 2. The van der Waals surface area contributed by atoms with Gasteiger partial charge in [-0.1, -0.05) is 24.3 Å². The molecule has 2 N–H and O–H groups in total. The molecule has 5 rings (SSSR count). The highest BCUT2D eigenvalue weighted by Gasteiger charge is 2.38. The Morgan fingerprint density at radius 2 is 1.70 bits per heavy atom. The Labute approximate surface area is 255 Å². The second kappa shape index (κ2) is 11.8. The third-order valence-corrected chi connectivity index (χ3v) is 7.74. The van der Waals surface area contributed by atoms with E-state index in [1.54, 1.807) is 54.4 Å². The minimum atomic E-state index is -0.805. The zero-order valence-corrected chi connectivity index (χ0v) is 25.5. The number of aryl methyl sites for hydroxylation is 1. The van der Waals surface area contributed by atoms with Gasteiger partial charge in [0.1, 0.15) is 22.9 Å². The number of amides is 1. The van der Waals surface area contributed by atoms with Crippen LogP contribution in [0, 0.1) is 12.7 Å². The van der Waals surface area contributed by atoms with Crippen LogP contribution in [0.3, 0.4) is 0 Å². The summed E-state index contributed by atoms with van der Waals surface area (Å²) in [6.07, 6.45) is 0. The fraction of sp³-hybridized carbons (Fsp3) is 0.229. The van der Waals surface area contributed by atoms with Crippen LogP contribution in [0.2, 0.25) is 0 Å². The van der Waals surface area contributed by atoms with Crippen LogP contribution in [0.1, 0.15) is 52.6 Å². The van der Waals surface area contributed by atoms with E-state index in [0.29, 0.717) is 28.3 Å². The van der Waals surface area contributed by atoms with Crippen LogP contribution in [0.25, 0.3) is 11.1 Å². The van der Waals surface area contributed by atoms with Gasteiger partial charge < -0.3 is 25.0 Å². The smallest absolute Gasteiger partial charge is 0.343 e. The van der Waals surface area contributed by atoms with Crippen molar-refractivity contribution in [3.05, 3.63) is 101 Å². The molecule has 9 heteroatoms. The summed E-state index contributed by atoms with van der Waals surface area (Å²) < 4.78 is 25.5. The first-order chi connectivity index (χ1) is 20.9. The molecule has 0 bridgehead atoms. The number of methoxy groups -OCH3 is 1. The second-order valence-corrected chi connectivity index (χ2v) is 11.3. The SMILES string of the molecule is COc1cc(OC(=O)c2cccc(C(C)=O)c2)ccc1-c1ccc2c(c1CNc1cc(F)ccc1C)N(C)C(=O)C(C)(C)N2. The molecule has 1 amide bonds. The number of fused-ring (bicyclic) bond motifs is 1. The van der Waals surface area contributed by atoms with Gasteiger partial charge in [0.15, 0.2) is 5.78 Å². The summed E-state index contributed by atoms with van der Waals surface area (Å²) in [5.41, 5.74) is 5.10. The molecule has 0 spiro atoms. The maximum Gasteiger partial charge on any atom is 0.343 e. The summed E-state index contributed by atoms with van der Waals surface area (Å²) in [5.74, 6) is -0.528. The number of Topliss-reactive ketones (excluding diaryl/α,β-unsaturated/α-hetero) is 1. The maximum absolute atomic E-state index is 14.1. The van der Waals surface area contributed by atoms with Crippen LogP contribution >= 0.6 is 0 Å². The average Bonchev–Trinajstić information content (AvgIpc) is 3.00. The van der Waals surface area contributed by atoms with E-state index in [-0.39, 0.29) is 35.4 Å². The van der Waals surface area contributed by atoms with Crippen LogP contribution in [-0.2, 0) is 11.3 Å². The van der Waals surface area contributed by atoms with Gasteiger partial charge in [-0.2, -0.15) is 0 Å². The molecular weight excluding hydrogens is 561 g/mol. The van der Waals surface area contributed by atoms with Crippen molar-refractivity contribution in [3.63, 3.8) is 0 Å². The first-order valence-electron chi connectivity index (χ1n) is 14.1. The number of halogens is 1. The number of esters is 1. The molecular formula is C35H34FN3O5. The molecule has 4 aromatic rings. The number of nitrogens with zero attached hydrogens (tertiary/aromatic N) is 1. The Kier molecular flexibility index (Phi) is 8.15. The molecule has 44 heavy (non-hydrogen) atoms. The number of ketones is 1. The van der Waals surface area contributed by atoms with E-state index in [1.165, 1.54) is 32.2 Å². The topological polar surface area (TPSA) is 97.0 Å². The van der Waals surface area contributed by atoms with Gasteiger partial charge in [-0.25, -0.2) is 9.18 Å². The van der Waals surface area contributed by atoms with Gasteiger partial charge in [-0.3, -0.25) is 9.59 Å². The maximum atomic E-state index is 14.1. The zero-order chi connectivity index (χ0) is 31.8. The number of anilines is 3. The lowest BCUT2D eigenvalue weighted by molar-refractivity contribution is -0.121. The molecule has 0 aromatic heterocycles. The van der Waals surface area contributed by atoms with Crippen molar-refractivity contribution >= 4 is 34.7 Å². The molecule has 0 unspecified atom stereocenters. The van der Waals surface area contributed by atoms with E-state index >= 15 is 0 Å². The fourth-order valence-corrected chi connectivity index (χ4v) is 5.42. The van der Waals surface area contributed by atoms with E-state index in [4.69, 9.17) is 9.47 Å². The second-order valence-electron chi connectivity index (χ2n) is 11.3. The first-order valence-corrected chi connectivity index (χ1v) is 14.1. The van der Waals surface area contributed by atoms with E-state index in [0.717, 1.165) is 22.4 Å². The highest BCUT2D eigenvalue weighted by Crippen LogP contribution is 2.45. The molecule has 0 atom stereocenters. The molecule has 0 saturated heterocycles. The first kappa shape index (κ1) is 30.3. The fourth-order valence-electron chi connectivity index (χ4n) is 5.42. The van der Waals surface area contributed by atoms with E-state index < -0.39 is 11.5 Å². The van der Waals surface area contributed by atoms with Crippen LogP contribution in [0.15, 0.2) is 72.8 Å². The number of rotatable bonds is 8.